The Bertz CT molecular complexity index is 268. The highest BCUT2D eigenvalue weighted by atomic mass is 16.7. The number of ether oxygens (including phenoxy) is 4. The minimum Gasteiger partial charge on any atom is -0.386 e. The second-order valence-corrected chi connectivity index (χ2v) is 5.46. The molecule has 1 aliphatic heterocycles. The average Bonchev–Trinajstić information content (AvgIpc) is 2.44. The van der Waals surface area contributed by atoms with Crippen molar-refractivity contribution in [2.45, 2.75) is 37.9 Å². The lowest BCUT2D eigenvalue weighted by molar-refractivity contribution is -0.255. The molecule has 0 bridgehead atoms. The minimum atomic E-state index is -0.649. The van der Waals surface area contributed by atoms with Crippen LogP contribution in [0.25, 0.3) is 0 Å². The number of nitrogens with zero attached hydrogens (tertiary/aromatic N) is 1. The molecule has 0 spiro atoms. The Morgan fingerprint density at radius 2 is 1.76 bits per heavy atom. The Balaban J connectivity index is 2.15. The van der Waals surface area contributed by atoms with Gasteiger partial charge < -0.3 is 34.7 Å². The van der Waals surface area contributed by atoms with Crippen LogP contribution in [0.3, 0.4) is 0 Å². The summed E-state index contributed by atoms with van der Waals surface area (Å²) < 4.78 is 21.8. The van der Waals surface area contributed by atoms with Crippen molar-refractivity contribution in [1.82, 2.24) is 4.90 Å². The molecule has 1 unspecified atom stereocenters. The molecule has 126 valence electrons. The van der Waals surface area contributed by atoms with Gasteiger partial charge in [-0.1, -0.05) is 0 Å². The lowest BCUT2D eigenvalue weighted by Crippen LogP contribution is -2.54. The summed E-state index contributed by atoms with van der Waals surface area (Å²) in [4.78, 5) is 2.01. The van der Waals surface area contributed by atoms with Crippen molar-refractivity contribution < 1.29 is 24.1 Å². The molecule has 4 atom stereocenters. The number of likely N-dealkylation sites (N-methyl/N-ethyl adjacent to an activating group) is 1. The highest BCUT2D eigenvalue weighted by Gasteiger charge is 2.37. The van der Waals surface area contributed by atoms with E-state index in [-0.39, 0.29) is 12.1 Å². The van der Waals surface area contributed by atoms with Crippen molar-refractivity contribution >= 4 is 0 Å². The molecule has 1 heterocycles. The van der Waals surface area contributed by atoms with Gasteiger partial charge in [-0.05, 0) is 27.4 Å². The molecule has 0 radical (unpaired) electrons. The zero-order valence-corrected chi connectivity index (χ0v) is 13.4. The second-order valence-electron chi connectivity index (χ2n) is 5.46. The molecular formula is C14H30N2O5. The SMILES string of the molecule is C[C@@H]1C[C@H](N(C)C)[C@@H](O)C(OCCOCCOCCN)O1. The first-order valence-electron chi connectivity index (χ1n) is 7.53. The van der Waals surface area contributed by atoms with Crippen molar-refractivity contribution in [2.75, 3.05) is 53.7 Å². The fourth-order valence-corrected chi connectivity index (χ4v) is 2.31. The van der Waals surface area contributed by atoms with Crippen LogP contribution in [0.5, 0.6) is 0 Å². The highest BCUT2D eigenvalue weighted by Crippen LogP contribution is 2.23. The molecule has 0 aromatic rings. The van der Waals surface area contributed by atoms with Gasteiger partial charge in [-0.15, -0.1) is 0 Å². The molecular weight excluding hydrogens is 276 g/mol. The summed E-state index contributed by atoms with van der Waals surface area (Å²) in [6.07, 6.45) is -0.387. The number of nitrogens with two attached hydrogens (primary N) is 1. The summed E-state index contributed by atoms with van der Waals surface area (Å²) >= 11 is 0. The molecule has 7 heteroatoms. The maximum Gasteiger partial charge on any atom is 0.185 e. The van der Waals surface area contributed by atoms with Crippen molar-refractivity contribution in [2.24, 2.45) is 5.73 Å². The Morgan fingerprint density at radius 1 is 1.14 bits per heavy atom. The van der Waals surface area contributed by atoms with Gasteiger partial charge in [0.25, 0.3) is 0 Å². The molecule has 1 saturated heterocycles. The number of rotatable bonds is 10. The first-order valence-corrected chi connectivity index (χ1v) is 7.53. The fourth-order valence-electron chi connectivity index (χ4n) is 2.31. The van der Waals surface area contributed by atoms with Gasteiger partial charge in [0.1, 0.15) is 6.10 Å². The summed E-state index contributed by atoms with van der Waals surface area (Å²) in [5.41, 5.74) is 5.30. The third-order valence-corrected chi connectivity index (χ3v) is 3.42. The number of aliphatic hydroxyl groups is 1. The number of hydrogen-bond donors (Lipinski definition) is 2. The van der Waals surface area contributed by atoms with Crippen LogP contribution in [-0.2, 0) is 18.9 Å². The molecule has 1 aliphatic rings. The van der Waals surface area contributed by atoms with Gasteiger partial charge in [0.05, 0.1) is 39.1 Å². The molecule has 0 amide bonds. The largest absolute Gasteiger partial charge is 0.386 e. The molecule has 1 rings (SSSR count). The van der Waals surface area contributed by atoms with Crippen LogP contribution in [0.1, 0.15) is 13.3 Å². The first kappa shape index (κ1) is 18.8. The predicted octanol–water partition coefficient (Wildman–Crippen LogP) is -0.579. The predicted molar refractivity (Wildman–Crippen MR) is 79.1 cm³/mol. The summed E-state index contributed by atoms with van der Waals surface area (Å²) in [5, 5.41) is 10.3. The number of aliphatic hydroxyl groups excluding tert-OH is 1. The average molecular weight is 306 g/mol. The smallest absolute Gasteiger partial charge is 0.185 e. The maximum atomic E-state index is 10.3. The van der Waals surface area contributed by atoms with E-state index in [0.717, 1.165) is 6.42 Å². The molecule has 0 saturated carbocycles. The molecule has 3 N–H and O–H groups in total. The van der Waals surface area contributed by atoms with Crippen molar-refractivity contribution in [3.05, 3.63) is 0 Å². The second kappa shape index (κ2) is 10.4. The van der Waals surface area contributed by atoms with Crippen LogP contribution >= 0.6 is 0 Å². The fraction of sp³-hybridized carbons (Fsp3) is 1.00. The van der Waals surface area contributed by atoms with Gasteiger partial charge in [-0.25, -0.2) is 0 Å². The van der Waals surface area contributed by atoms with E-state index >= 15 is 0 Å². The van der Waals surface area contributed by atoms with E-state index in [1.165, 1.54) is 0 Å². The summed E-state index contributed by atoms with van der Waals surface area (Å²) in [5.74, 6) is 0. The topological polar surface area (TPSA) is 86.4 Å². The molecule has 1 fully saturated rings. The van der Waals surface area contributed by atoms with E-state index in [1.807, 2.05) is 25.9 Å². The van der Waals surface area contributed by atoms with Gasteiger partial charge in [-0.2, -0.15) is 0 Å². The van der Waals surface area contributed by atoms with Crippen LogP contribution in [-0.4, -0.2) is 88.2 Å². The Hall–Kier alpha value is -0.280. The monoisotopic (exact) mass is 306 g/mol. The third-order valence-electron chi connectivity index (χ3n) is 3.42. The normalized spacial score (nSPS) is 30.0. The quantitative estimate of drug-likeness (QED) is 0.522. The lowest BCUT2D eigenvalue weighted by Gasteiger charge is -2.40. The molecule has 0 aliphatic carbocycles. The van der Waals surface area contributed by atoms with Gasteiger partial charge in [0.15, 0.2) is 6.29 Å². The van der Waals surface area contributed by atoms with Crippen LogP contribution in [0, 0.1) is 0 Å². The van der Waals surface area contributed by atoms with E-state index in [4.69, 9.17) is 24.7 Å². The first-order chi connectivity index (χ1) is 10.1. The van der Waals surface area contributed by atoms with E-state index in [1.54, 1.807) is 0 Å². The van der Waals surface area contributed by atoms with Gasteiger partial charge >= 0.3 is 0 Å². The number of hydrogen-bond acceptors (Lipinski definition) is 7. The standard InChI is InChI=1S/C14H30N2O5/c1-11-10-12(16(2)3)13(17)14(21-11)20-9-8-19-7-6-18-5-4-15/h11-14,17H,4-10,15H2,1-3H3/t11-,12+,13-,14?/m1/s1. The molecule has 0 aromatic carbocycles. The zero-order valence-electron chi connectivity index (χ0n) is 13.4. The van der Waals surface area contributed by atoms with E-state index in [0.29, 0.717) is 39.6 Å². The van der Waals surface area contributed by atoms with Crippen molar-refractivity contribution in [3.8, 4) is 0 Å². The Kier molecular flexibility index (Phi) is 9.34. The third kappa shape index (κ3) is 7.01. The summed E-state index contributed by atoms with van der Waals surface area (Å²) in [6, 6.07) is 0.0457. The minimum absolute atomic E-state index is 0.0457. The van der Waals surface area contributed by atoms with Gasteiger partial charge in [0, 0.05) is 12.6 Å². The van der Waals surface area contributed by atoms with Crippen LogP contribution in [0.2, 0.25) is 0 Å². The Labute approximate surface area is 127 Å². The molecule has 21 heavy (non-hydrogen) atoms. The van der Waals surface area contributed by atoms with Crippen LogP contribution in [0.4, 0.5) is 0 Å². The Morgan fingerprint density at radius 3 is 2.38 bits per heavy atom. The molecule has 7 nitrogen and oxygen atoms in total. The van der Waals surface area contributed by atoms with Gasteiger partial charge in [-0.3, -0.25) is 0 Å². The van der Waals surface area contributed by atoms with E-state index in [9.17, 15) is 5.11 Å². The van der Waals surface area contributed by atoms with E-state index in [2.05, 4.69) is 0 Å². The van der Waals surface area contributed by atoms with Crippen molar-refractivity contribution in [1.29, 1.82) is 0 Å². The maximum absolute atomic E-state index is 10.3. The summed E-state index contributed by atoms with van der Waals surface area (Å²) in [6.45, 7) is 4.92. The lowest BCUT2D eigenvalue weighted by atomic mass is 9.99. The zero-order chi connectivity index (χ0) is 15.7. The molecule has 0 aromatic heterocycles. The highest BCUT2D eigenvalue weighted by molar-refractivity contribution is 4.85. The summed E-state index contributed by atoms with van der Waals surface area (Å²) in [7, 11) is 3.90. The van der Waals surface area contributed by atoms with Crippen LogP contribution in [0.15, 0.2) is 0 Å². The van der Waals surface area contributed by atoms with Crippen molar-refractivity contribution in [3.63, 3.8) is 0 Å². The van der Waals surface area contributed by atoms with Crippen LogP contribution < -0.4 is 5.73 Å². The van der Waals surface area contributed by atoms with E-state index < -0.39 is 12.4 Å². The van der Waals surface area contributed by atoms with Gasteiger partial charge in [0.2, 0.25) is 0 Å².